The second-order valence-electron chi connectivity index (χ2n) is 8.51. The van der Waals surface area contributed by atoms with E-state index in [0.29, 0.717) is 5.92 Å². The molecule has 0 spiro atoms. The van der Waals surface area contributed by atoms with Gasteiger partial charge in [0, 0.05) is 22.9 Å². The molecule has 1 amide bonds. The van der Waals surface area contributed by atoms with E-state index in [4.69, 9.17) is 0 Å². The first kappa shape index (κ1) is 21.0. The second kappa shape index (κ2) is 9.67. The van der Waals surface area contributed by atoms with Gasteiger partial charge in [0.1, 0.15) is 0 Å². The van der Waals surface area contributed by atoms with E-state index in [-0.39, 0.29) is 11.3 Å². The summed E-state index contributed by atoms with van der Waals surface area (Å²) >= 11 is 3.58. The van der Waals surface area contributed by atoms with E-state index in [2.05, 4.69) is 58.3 Å². The van der Waals surface area contributed by atoms with Gasteiger partial charge in [-0.15, -0.1) is 23.1 Å². The number of benzene rings is 1. The third kappa shape index (κ3) is 4.73. The number of nitrogens with one attached hydrogen (secondary N) is 1. The van der Waals surface area contributed by atoms with Crippen molar-refractivity contribution in [1.29, 1.82) is 0 Å². The molecule has 1 aliphatic heterocycles. The first-order chi connectivity index (χ1) is 14.2. The monoisotopic (exact) mass is 428 g/mol. The van der Waals surface area contributed by atoms with Gasteiger partial charge in [-0.2, -0.15) is 0 Å². The molecule has 4 rings (SSSR count). The Labute approximate surface area is 183 Å². The Bertz CT molecular complexity index is 791. The van der Waals surface area contributed by atoms with E-state index in [1.807, 2.05) is 11.8 Å². The molecule has 1 aromatic heterocycles. The highest BCUT2D eigenvalue weighted by atomic mass is 32.2. The fourth-order valence-electron chi connectivity index (χ4n) is 4.94. The first-order valence-corrected chi connectivity index (χ1v) is 13.0. The summed E-state index contributed by atoms with van der Waals surface area (Å²) in [4.78, 5) is 18.4. The number of piperidine rings is 1. The number of amides is 1. The van der Waals surface area contributed by atoms with Gasteiger partial charge in [0.15, 0.2) is 0 Å². The smallest absolute Gasteiger partial charge is 0.231 e. The van der Waals surface area contributed by atoms with Crippen molar-refractivity contribution in [2.45, 2.75) is 55.4 Å². The normalized spacial score (nSPS) is 20.0. The Morgan fingerprint density at radius 1 is 1.17 bits per heavy atom. The van der Waals surface area contributed by atoms with E-state index in [9.17, 15) is 4.79 Å². The predicted octanol–water partition coefficient (Wildman–Crippen LogP) is 5.31. The molecule has 2 aliphatic rings. The Balaban J connectivity index is 1.27. The Morgan fingerprint density at radius 3 is 2.62 bits per heavy atom. The molecule has 2 fully saturated rings. The van der Waals surface area contributed by atoms with E-state index >= 15 is 0 Å². The van der Waals surface area contributed by atoms with Crippen LogP contribution in [0.3, 0.4) is 0 Å². The Kier molecular flexibility index (Phi) is 6.99. The van der Waals surface area contributed by atoms with Gasteiger partial charge in [0.25, 0.3) is 0 Å². The number of carbonyl (C=O) groups is 1. The highest BCUT2D eigenvalue weighted by Gasteiger charge is 2.43. The molecular weight excluding hydrogens is 396 g/mol. The standard InChI is InChI=1S/C24H32N2OS2/c1-28-21-8-3-2-7-20(21)18-26-14-10-19(11-15-26)17-25-23(27)24(12-4-5-13-24)22-9-6-16-29-22/h2-3,6-9,16,19H,4-5,10-15,17-18H2,1H3,(H,25,27). The predicted molar refractivity (Wildman–Crippen MR) is 124 cm³/mol. The Hall–Kier alpha value is -1.30. The van der Waals surface area contributed by atoms with Crippen LogP contribution in [0, 0.1) is 5.92 Å². The molecule has 1 saturated heterocycles. The van der Waals surface area contributed by atoms with Crippen LogP contribution in [-0.4, -0.2) is 36.7 Å². The lowest BCUT2D eigenvalue weighted by atomic mass is 9.83. The zero-order valence-electron chi connectivity index (χ0n) is 17.4. The van der Waals surface area contributed by atoms with Crippen molar-refractivity contribution in [3.8, 4) is 0 Å². The summed E-state index contributed by atoms with van der Waals surface area (Å²) < 4.78 is 0. The van der Waals surface area contributed by atoms with Gasteiger partial charge < -0.3 is 5.32 Å². The molecule has 2 aromatic rings. The Morgan fingerprint density at radius 2 is 1.93 bits per heavy atom. The van der Waals surface area contributed by atoms with Crippen molar-refractivity contribution in [3.63, 3.8) is 0 Å². The van der Waals surface area contributed by atoms with Crippen LogP contribution in [0.25, 0.3) is 0 Å². The van der Waals surface area contributed by atoms with E-state index in [0.717, 1.165) is 39.0 Å². The van der Waals surface area contributed by atoms with E-state index in [1.54, 1.807) is 11.3 Å². The summed E-state index contributed by atoms with van der Waals surface area (Å²) in [5.74, 6) is 0.876. The number of hydrogen-bond acceptors (Lipinski definition) is 4. The van der Waals surface area contributed by atoms with Crippen LogP contribution < -0.4 is 5.32 Å². The van der Waals surface area contributed by atoms with Crippen LogP contribution in [0.1, 0.15) is 49.0 Å². The number of nitrogens with zero attached hydrogens (tertiary/aromatic N) is 1. The molecule has 29 heavy (non-hydrogen) atoms. The summed E-state index contributed by atoms with van der Waals surface area (Å²) in [5.41, 5.74) is 1.18. The minimum absolute atomic E-state index is 0.254. The van der Waals surface area contributed by atoms with E-state index < -0.39 is 0 Å². The van der Waals surface area contributed by atoms with Crippen LogP contribution in [-0.2, 0) is 16.8 Å². The lowest BCUT2D eigenvalue weighted by molar-refractivity contribution is -0.126. The molecule has 1 aromatic carbocycles. The maximum absolute atomic E-state index is 13.2. The minimum atomic E-state index is -0.254. The highest BCUT2D eigenvalue weighted by molar-refractivity contribution is 7.98. The fourth-order valence-corrected chi connectivity index (χ4v) is 6.54. The molecule has 0 atom stereocenters. The molecule has 156 valence electrons. The lowest BCUT2D eigenvalue weighted by Crippen LogP contribution is -2.45. The van der Waals surface area contributed by atoms with Crippen LogP contribution in [0.2, 0.25) is 0 Å². The van der Waals surface area contributed by atoms with Gasteiger partial charge >= 0.3 is 0 Å². The topological polar surface area (TPSA) is 32.3 Å². The zero-order valence-corrected chi connectivity index (χ0v) is 19.0. The van der Waals surface area contributed by atoms with Gasteiger partial charge in [-0.25, -0.2) is 0 Å². The average Bonchev–Trinajstić information content (AvgIpc) is 3.46. The largest absolute Gasteiger partial charge is 0.355 e. The maximum Gasteiger partial charge on any atom is 0.231 e. The molecular formula is C24H32N2OS2. The van der Waals surface area contributed by atoms with Gasteiger partial charge in [0.2, 0.25) is 5.91 Å². The minimum Gasteiger partial charge on any atom is -0.355 e. The molecule has 2 heterocycles. The maximum atomic E-state index is 13.2. The van der Waals surface area contributed by atoms with Gasteiger partial charge in [-0.05, 0) is 74.0 Å². The number of thiophene rings is 1. The zero-order chi connectivity index (χ0) is 20.1. The number of rotatable bonds is 7. The fraction of sp³-hybridized carbons (Fsp3) is 0.542. The van der Waals surface area contributed by atoms with Crippen molar-refractivity contribution in [1.82, 2.24) is 10.2 Å². The number of hydrogen-bond donors (Lipinski definition) is 1. The number of thioether (sulfide) groups is 1. The molecule has 1 saturated carbocycles. The molecule has 3 nitrogen and oxygen atoms in total. The van der Waals surface area contributed by atoms with Gasteiger partial charge in [0.05, 0.1) is 5.41 Å². The SMILES string of the molecule is CSc1ccccc1CN1CCC(CNC(=O)C2(c3cccs3)CCCC2)CC1. The quantitative estimate of drug-likeness (QED) is 0.607. The molecule has 1 N–H and O–H groups in total. The first-order valence-electron chi connectivity index (χ1n) is 10.9. The van der Waals surface area contributed by atoms with Gasteiger partial charge in [-0.3, -0.25) is 9.69 Å². The summed E-state index contributed by atoms with van der Waals surface area (Å²) in [6.07, 6.45) is 8.85. The van der Waals surface area contributed by atoms with Crippen molar-refractivity contribution < 1.29 is 4.79 Å². The summed E-state index contributed by atoms with van der Waals surface area (Å²) in [7, 11) is 0. The second-order valence-corrected chi connectivity index (χ2v) is 10.3. The number of carbonyl (C=O) groups excluding carboxylic acids is 1. The summed E-state index contributed by atoms with van der Waals surface area (Å²) in [6, 6.07) is 13.0. The molecule has 0 unspecified atom stereocenters. The van der Waals surface area contributed by atoms with Crippen molar-refractivity contribution >= 4 is 29.0 Å². The highest BCUT2D eigenvalue weighted by Crippen LogP contribution is 2.43. The molecule has 0 bridgehead atoms. The summed E-state index contributed by atoms with van der Waals surface area (Å²) in [5, 5.41) is 5.46. The van der Waals surface area contributed by atoms with Crippen LogP contribution >= 0.6 is 23.1 Å². The van der Waals surface area contributed by atoms with Gasteiger partial charge in [-0.1, -0.05) is 37.1 Å². The average molecular weight is 429 g/mol. The van der Waals surface area contributed by atoms with Crippen LogP contribution in [0.5, 0.6) is 0 Å². The summed E-state index contributed by atoms with van der Waals surface area (Å²) in [6.45, 7) is 4.12. The molecule has 0 radical (unpaired) electrons. The van der Waals surface area contributed by atoms with Crippen LogP contribution in [0.15, 0.2) is 46.7 Å². The van der Waals surface area contributed by atoms with E-state index in [1.165, 1.54) is 41.0 Å². The molecule has 1 aliphatic carbocycles. The number of likely N-dealkylation sites (tertiary alicyclic amines) is 1. The van der Waals surface area contributed by atoms with Crippen molar-refractivity contribution in [3.05, 3.63) is 52.2 Å². The lowest BCUT2D eigenvalue weighted by Gasteiger charge is -2.33. The third-order valence-corrected chi connectivity index (χ3v) is 8.64. The van der Waals surface area contributed by atoms with Crippen molar-refractivity contribution in [2.24, 2.45) is 5.92 Å². The third-order valence-electron chi connectivity index (χ3n) is 6.73. The van der Waals surface area contributed by atoms with Crippen molar-refractivity contribution in [2.75, 3.05) is 25.9 Å². The molecule has 5 heteroatoms. The van der Waals surface area contributed by atoms with Crippen LogP contribution in [0.4, 0.5) is 0 Å².